The Hall–Kier alpha value is -1.82. The fourth-order valence-electron chi connectivity index (χ4n) is 2.69. The molecular weight excluding hydrogens is 384 g/mol. The highest BCUT2D eigenvalue weighted by molar-refractivity contribution is 9.10. The van der Waals surface area contributed by atoms with E-state index in [-0.39, 0.29) is 5.75 Å². The molecular formula is C20H23BrO4. The Morgan fingerprint density at radius 2 is 2.08 bits per heavy atom. The molecule has 2 aromatic rings. The first-order chi connectivity index (χ1) is 11.9. The lowest BCUT2D eigenvalue weighted by molar-refractivity contribution is 0.0208. The second kappa shape index (κ2) is 9.04. The number of benzene rings is 1. The number of allylic oxidation sites excluding steroid dienone is 1. The average molecular weight is 407 g/mol. The van der Waals surface area contributed by atoms with Crippen LogP contribution in [-0.4, -0.2) is 21.4 Å². The van der Waals surface area contributed by atoms with Gasteiger partial charge in [0.15, 0.2) is 0 Å². The van der Waals surface area contributed by atoms with Crippen molar-refractivity contribution in [3.8, 4) is 5.75 Å². The quantitative estimate of drug-likeness (QED) is 0.548. The number of furan rings is 1. The Kier molecular flexibility index (Phi) is 7.05. The van der Waals surface area contributed by atoms with Gasteiger partial charge in [-0.15, -0.1) is 6.58 Å². The molecule has 3 N–H and O–H groups in total. The summed E-state index contributed by atoms with van der Waals surface area (Å²) in [5.41, 5.74) is 1.74. The third kappa shape index (κ3) is 5.33. The van der Waals surface area contributed by atoms with Gasteiger partial charge >= 0.3 is 0 Å². The predicted octanol–water partition coefficient (Wildman–Crippen LogP) is 4.83. The second-order valence-corrected chi connectivity index (χ2v) is 6.99. The highest BCUT2D eigenvalue weighted by atomic mass is 79.9. The minimum atomic E-state index is -0.930. The molecule has 134 valence electrons. The smallest absolute Gasteiger partial charge is 0.132 e. The molecule has 0 aliphatic carbocycles. The van der Waals surface area contributed by atoms with E-state index in [1.54, 1.807) is 30.3 Å². The summed E-state index contributed by atoms with van der Waals surface area (Å²) < 4.78 is 6.09. The Labute approximate surface area is 156 Å². The van der Waals surface area contributed by atoms with E-state index in [9.17, 15) is 15.3 Å². The summed E-state index contributed by atoms with van der Waals surface area (Å²) in [4.78, 5) is 0. The third-order valence-electron chi connectivity index (χ3n) is 4.14. The molecule has 1 aromatic carbocycles. The molecule has 0 radical (unpaired) electrons. The number of rotatable bonds is 8. The minimum Gasteiger partial charge on any atom is -0.507 e. The maximum atomic E-state index is 10.4. The summed E-state index contributed by atoms with van der Waals surface area (Å²) in [6.45, 7) is 5.66. The van der Waals surface area contributed by atoms with E-state index in [1.165, 1.54) is 6.26 Å². The lowest BCUT2D eigenvalue weighted by atomic mass is 9.90. The molecule has 0 aliphatic heterocycles. The minimum absolute atomic E-state index is 0.209. The van der Waals surface area contributed by atoms with Gasteiger partial charge in [-0.2, -0.15) is 0 Å². The molecule has 4 nitrogen and oxygen atoms in total. The number of halogens is 1. The van der Waals surface area contributed by atoms with Crippen molar-refractivity contribution in [2.45, 2.75) is 32.0 Å². The molecule has 2 rings (SSSR count). The maximum absolute atomic E-state index is 10.4. The van der Waals surface area contributed by atoms with Crippen LogP contribution in [-0.2, 0) is 0 Å². The highest BCUT2D eigenvalue weighted by Crippen LogP contribution is 2.29. The Morgan fingerprint density at radius 1 is 1.32 bits per heavy atom. The van der Waals surface area contributed by atoms with Gasteiger partial charge in [-0.1, -0.05) is 33.7 Å². The van der Waals surface area contributed by atoms with Crippen molar-refractivity contribution in [1.82, 2.24) is 0 Å². The first-order valence-electron chi connectivity index (χ1n) is 8.10. The molecule has 0 saturated heterocycles. The van der Waals surface area contributed by atoms with Gasteiger partial charge in [0.1, 0.15) is 17.6 Å². The van der Waals surface area contributed by atoms with Gasteiger partial charge in [0.25, 0.3) is 0 Å². The number of aliphatic hydroxyl groups is 2. The molecule has 0 aliphatic rings. The van der Waals surface area contributed by atoms with Gasteiger partial charge in [0.05, 0.1) is 12.4 Å². The van der Waals surface area contributed by atoms with Crippen LogP contribution in [0.25, 0.3) is 6.08 Å². The van der Waals surface area contributed by atoms with Crippen molar-refractivity contribution in [2.75, 3.05) is 0 Å². The van der Waals surface area contributed by atoms with Crippen molar-refractivity contribution in [3.05, 3.63) is 70.6 Å². The van der Waals surface area contributed by atoms with Gasteiger partial charge in [0.2, 0.25) is 0 Å². The van der Waals surface area contributed by atoms with Crippen LogP contribution < -0.4 is 0 Å². The monoisotopic (exact) mass is 406 g/mol. The van der Waals surface area contributed by atoms with Crippen LogP contribution in [0.15, 0.2) is 63.7 Å². The Balaban J connectivity index is 1.99. The fraction of sp³-hybridized carbons (Fsp3) is 0.300. The van der Waals surface area contributed by atoms with Crippen LogP contribution in [0.5, 0.6) is 5.75 Å². The summed E-state index contributed by atoms with van der Waals surface area (Å²) >= 11 is 3.38. The number of phenols is 1. The van der Waals surface area contributed by atoms with Crippen LogP contribution in [0.1, 0.15) is 37.2 Å². The standard InChI is InChI=1S/C20H23BrO4/c1-3-16(20(24)19-5-4-10-25-19)18(23)8-6-13(2)11-14-12-15(21)7-9-17(14)22/h3-5,7,9-12,16,18,20,22-24H,1,6,8H2,2H3/b13-11+/t16-,18-,20+/m1/s1. The summed E-state index contributed by atoms with van der Waals surface area (Å²) in [5, 5.41) is 30.7. The largest absolute Gasteiger partial charge is 0.507 e. The van der Waals surface area contributed by atoms with Crippen LogP contribution in [0.2, 0.25) is 0 Å². The van der Waals surface area contributed by atoms with Gasteiger partial charge in [-0.05, 0) is 50.1 Å². The first-order valence-corrected chi connectivity index (χ1v) is 8.89. The molecule has 25 heavy (non-hydrogen) atoms. The van der Waals surface area contributed by atoms with Crippen molar-refractivity contribution in [3.63, 3.8) is 0 Å². The molecule has 0 amide bonds. The number of hydrogen-bond acceptors (Lipinski definition) is 4. The van der Waals surface area contributed by atoms with E-state index < -0.39 is 18.1 Å². The number of phenolic OH excluding ortho intramolecular Hbond substituents is 1. The zero-order valence-electron chi connectivity index (χ0n) is 14.1. The highest BCUT2D eigenvalue weighted by Gasteiger charge is 2.27. The zero-order valence-corrected chi connectivity index (χ0v) is 15.7. The third-order valence-corrected chi connectivity index (χ3v) is 4.63. The van der Waals surface area contributed by atoms with Crippen molar-refractivity contribution in [2.24, 2.45) is 5.92 Å². The molecule has 1 aromatic heterocycles. The number of hydrogen-bond donors (Lipinski definition) is 3. The summed E-state index contributed by atoms with van der Waals surface area (Å²) in [7, 11) is 0. The van der Waals surface area contributed by atoms with Gasteiger partial charge < -0.3 is 19.7 Å². The lowest BCUT2D eigenvalue weighted by Crippen LogP contribution is -2.24. The molecule has 1 heterocycles. The van der Waals surface area contributed by atoms with Gasteiger partial charge in [-0.25, -0.2) is 0 Å². The molecule has 0 spiro atoms. The maximum Gasteiger partial charge on any atom is 0.132 e. The Morgan fingerprint density at radius 3 is 2.72 bits per heavy atom. The average Bonchev–Trinajstić information content (AvgIpc) is 3.11. The van der Waals surface area contributed by atoms with E-state index >= 15 is 0 Å². The van der Waals surface area contributed by atoms with E-state index in [2.05, 4.69) is 22.5 Å². The molecule has 0 saturated carbocycles. The second-order valence-electron chi connectivity index (χ2n) is 6.07. The van der Waals surface area contributed by atoms with Crippen molar-refractivity contribution in [1.29, 1.82) is 0 Å². The van der Waals surface area contributed by atoms with Crippen molar-refractivity contribution >= 4 is 22.0 Å². The summed E-state index contributed by atoms with van der Waals surface area (Å²) in [6, 6.07) is 8.61. The number of aliphatic hydroxyl groups excluding tert-OH is 2. The van der Waals surface area contributed by atoms with E-state index in [1.807, 2.05) is 19.1 Å². The van der Waals surface area contributed by atoms with E-state index in [0.717, 1.165) is 15.6 Å². The molecule has 0 bridgehead atoms. The molecule has 3 atom stereocenters. The molecule has 0 unspecified atom stereocenters. The molecule has 0 fully saturated rings. The Bertz CT molecular complexity index is 721. The van der Waals surface area contributed by atoms with Crippen LogP contribution in [0.4, 0.5) is 0 Å². The number of aromatic hydroxyl groups is 1. The normalized spacial score (nSPS) is 15.6. The first kappa shape index (κ1) is 19.5. The van der Waals surface area contributed by atoms with Gasteiger partial charge in [0, 0.05) is 16.0 Å². The summed E-state index contributed by atoms with van der Waals surface area (Å²) in [5.74, 6) is 0.105. The van der Waals surface area contributed by atoms with Crippen LogP contribution in [0.3, 0.4) is 0 Å². The van der Waals surface area contributed by atoms with Gasteiger partial charge in [-0.3, -0.25) is 0 Å². The van der Waals surface area contributed by atoms with Crippen LogP contribution in [0, 0.1) is 5.92 Å². The molecule has 5 heteroatoms. The summed E-state index contributed by atoms with van der Waals surface area (Å²) in [6.07, 6.45) is 4.34. The predicted molar refractivity (Wildman–Crippen MR) is 102 cm³/mol. The van der Waals surface area contributed by atoms with E-state index in [4.69, 9.17) is 4.42 Å². The fourth-order valence-corrected chi connectivity index (χ4v) is 3.07. The topological polar surface area (TPSA) is 73.8 Å². The van der Waals surface area contributed by atoms with E-state index in [0.29, 0.717) is 18.6 Å². The SMILES string of the molecule is C=C[C@H]([C@H](O)CC/C(C)=C/c1cc(Br)ccc1O)[C@H](O)c1ccco1. The van der Waals surface area contributed by atoms with Crippen LogP contribution >= 0.6 is 15.9 Å². The van der Waals surface area contributed by atoms with Crippen molar-refractivity contribution < 1.29 is 19.7 Å². The lowest BCUT2D eigenvalue weighted by Gasteiger charge is -2.23. The zero-order chi connectivity index (χ0) is 18.4.